The zero-order chi connectivity index (χ0) is 16.9. The number of nitrogens with zero attached hydrogens (tertiary/aromatic N) is 1. The highest BCUT2D eigenvalue weighted by Gasteiger charge is 2.33. The molecule has 3 unspecified atom stereocenters. The monoisotopic (exact) mass is 365 g/mol. The number of benzene rings is 1. The van der Waals surface area contributed by atoms with Crippen molar-refractivity contribution in [2.75, 3.05) is 19.6 Å². The molecule has 2 aliphatic rings. The van der Waals surface area contributed by atoms with E-state index >= 15 is 0 Å². The first-order valence-corrected chi connectivity index (χ1v) is 9.01. The van der Waals surface area contributed by atoms with Crippen LogP contribution < -0.4 is 11.1 Å². The second kappa shape index (κ2) is 9.20. The van der Waals surface area contributed by atoms with Crippen LogP contribution in [0.4, 0.5) is 0 Å². The number of rotatable bonds is 4. The molecule has 25 heavy (non-hydrogen) atoms. The highest BCUT2D eigenvalue weighted by molar-refractivity contribution is 5.94. The van der Waals surface area contributed by atoms with Gasteiger partial charge in [-0.15, -0.1) is 12.4 Å². The van der Waals surface area contributed by atoms with Crippen LogP contribution in [0.5, 0.6) is 0 Å². The number of likely N-dealkylation sites (tertiary alicyclic amines) is 1. The first-order chi connectivity index (χ1) is 11.6. The molecule has 6 heteroatoms. The molecule has 3 N–H and O–H groups in total. The molecule has 3 atom stereocenters. The standard InChI is InChI=1S/C19H27N3O2.ClH/c20-17-9-8-16(11-17)19(24)22-10-4-5-14(13-22)12-21-18(23)15-6-2-1-3-7-15;/h1-3,6-7,14,16-17H,4-5,8-13,20H2,(H,21,23);1H. The van der Waals surface area contributed by atoms with E-state index in [-0.39, 0.29) is 36.2 Å². The van der Waals surface area contributed by atoms with Crippen LogP contribution in [0, 0.1) is 11.8 Å². The lowest BCUT2D eigenvalue weighted by atomic mass is 9.96. The van der Waals surface area contributed by atoms with Crippen molar-refractivity contribution in [3.05, 3.63) is 35.9 Å². The van der Waals surface area contributed by atoms with Gasteiger partial charge in [0.25, 0.3) is 5.91 Å². The largest absolute Gasteiger partial charge is 0.352 e. The molecule has 138 valence electrons. The van der Waals surface area contributed by atoms with Crippen molar-refractivity contribution in [1.29, 1.82) is 0 Å². The van der Waals surface area contributed by atoms with Crippen LogP contribution in [0.1, 0.15) is 42.5 Å². The van der Waals surface area contributed by atoms with Gasteiger partial charge in [-0.1, -0.05) is 18.2 Å². The molecule has 0 spiro atoms. The van der Waals surface area contributed by atoms with Crippen LogP contribution in [0.25, 0.3) is 0 Å². The third-order valence-electron chi connectivity index (χ3n) is 5.24. The van der Waals surface area contributed by atoms with Crippen molar-refractivity contribution < 1.29 is 9.59 Å². The number of hydrogen-bond acceptors (Lipinski definition) is 3. The van der Waals surface area contributed by atoms with Crippen molar-refractivity contribution in [3.63, 3.8) is 0 Å². The van der Waals surface area contributed by atoms with E-state index in [0.717, 1.165) is 45.2 Å². The summed E-state index contributed by atoms with van der Waals surface area (Å²) in [5.74, 6) is 0.672. The third kappa shape index (κ3) is 5.19. The Morgan fingerprint density at radius 2 is 1.92 bits per heavy atom. The second-order valence-electron chi connectivity index (χ2n) is 7.14. The van der Waals surface area contributed by atoms with Gasteiger partial charge in [-0.3, -0.25) is 9.59 Å². The fraction of sp³-hybridized carbons (Fsp3) is 0.579. The summed E-state index contributed by atoms with van der Waals surface area (Å²) in [6.07, 6.45) is 4.77. The van der Waals surface area contributed by atoms with Gasteiger partial charge in [0.15, 0.2) is 0 Å². The van der Waals surface area contributed by atoms with E-state index in [9.17, 15) is 9.59 Å². The Morgan fingerprint density at radius 1 is 1.16 bits per heavy atom. The predicted octanol–water partition coefficient (Wildman–Crippen LogP) is 2.20. The minimum absolute atomic E-state index is 0. The van der Waals surface area contributed by atoms with Crippen LogP contribution in [-0.4, -0.2) is 42.4 Å². The Morgan fingerprint density at radius 3 is 2.60 bits per heavy atom. The number of carbonyl (C=O) groups excluding carboxylic acids is 2. The third-order valence-corrected chi connectivity index (χ3v) is 5.24. The molecule has 1 heterocycles. The van der Waals surface area contributed by atoms with Crippen LogP contribution >= 0.6 is 12.4 Å². The highest BCUT2D eigenvalue weighted by atomic mass is 35.5. The highest BCUT2D eigenvalue weighted by Crippen LogP contribution is 2.28. The average Bonchev–Trinajstić information content (AvgIpc) is 3.06. The maximum atomic E-state index is 12.6. The fourth-order valence-electron chi connectivity index (χ4n) is 3.86. The number of carbonyl (C=O) groups is 2. The molecule has 0 radical (unpaired) electrons. The average molecular weight is 366 g/mol. The predicted molar refractivity (Wildman–Crippen MR) is 101 cm³/mol. The molecule has 3 rings (SSSR count). The summed E-state index contributed by atoms with van der Waals surface area (Å²) in [5.41, 5.74) is 6.62. The van der Waals surface area contributed by atoms with Gasteiger partial charge in [-0.05, 0) is 50.2 Å². The molecule has 2 fully saturated rings. The topological polar surface area (TPSA) is 75.4 Å². The van der Waals surface area contributed by atoms with Crippen molar-refractivity contribution in [2.45, 2.75) is 38.1 Å². The fourth-order valence-corrected chi connectivity index (χ4v) is 3.86. The molecular formula is C19H28ClN3O2. The normalized spacial score (nSPS) is 26.0. The maximum absolute atomic E-state index is 12.6. The van der Waals surface area contributed by atoms with Gasteiger partial charge in [0.1, 0.15) is 0 Å². The molecule has 0 bridgehead atoms. The van der Waals surface area contributed by atoms with E-state index in [1.165, 1.54) is 0 Å². The summed E-state index contributed by atoms with van der Waals surface area (Å²) < 4.78 is 0. The van der Waals surface area contributed by atoms with Crippen molar-refractivity contribution >= 4 is 24.2 Å². The molecule has 1 saturated carbocycles. The number of piperidine rings is 1. The van der Waals surface area contributed by atoms with E-state index in [0.29, 0.717) is 18.0 Å². The molecule has 1 aliphatic carbocycles. The number of halogens is 1. The number of amides is 2. The van der Waals surface area contributed by atoms with E-state index < -0.39 is 0 Å². The van der Waals surface area contributed by atoms with Gasteiger partial charge < -0.3 is 16.0 Å². The van der Waals surface area contributed by atoms with Crippen LogP contribution in [0.15, 0.2) is 30.3 Å². The number of hydrogen-bond donors (Lipinski definition) is 2. The Balaban J connectivity index is 0.00000225. The summed E-state index contributed by atoms with van der Waals surface area (Å²) >= 11 is 0. The summed E-state index contributed by atoms with van der Waals surface area (Å²) in [6.45, 7) is 2.22. The second-order valence-corrected chi connectivity index (χ2v) is 7.14. The van der Waals surface area contributed by atoms with Crippen molar-refractivity contribution in [1.82, 2.24) is 10.2 Å². The Labute approximate surface area is 155 Å². The zero-order valence-corrected chi connectivity index (χ0v) is 15.3. The van der Waals surface area contributed by atoms with Gasteiger partial charge in [-0.25, -0.2) is 0 Å². The van der Waals surface area contributed by atoms with Crippen LogP contribution in [0.3, 0.4) is 0 Å². The SMILES string of the molecule is Cl.NC1CCC(C(=O)N2CCCC(CNC(=O)c3ccccc3)C2)C1. The van der Waals surface area contributed by atoms with Gasteiger partial charge >= 0.3 is 0 Å². The molecule has 1 saturated heterocycles. The maximum Gasteiger partial charge on any atom is 0.251 e. The minimum atomic E-state index is -0.0409. The molecular weight excluding hydrogens is 338 g/mol. The van der Waals surface area contributed by atoms with E-state index in [1.54, 1.807) is 0 Å². The van der Waals surface area contributed by atoms with E-state index in [4.69, 9.17) is 5.73 Å². The lowest BCUT2D eigenvalue weighted by Crippen LogP contribution is -2.45. The van der Waals surface area contributed by atoms with Crippen LogP contribution in [-0.2, 0) is 4.79 Å². The first kappa shape index (κ1) is 19.7. The Bertz CT molecular complexity index is 581. The Kier molecular flexibility index (Phi) is 7.26. The molecule has 2 amide bonds. The molecule has 1 aromatic rings. The lowest BCUT2D eigenvalue weighted by molar-refractivity contribution is -0.137. The summed E-state index contributed by atoms with van der Waals surface area (Å²) in [7, 11) is 0. The first-order valence-electron chi connectivity index (χ1n) is 9.01. The molecule has 5 nitrogen and oxygen atoms in total. The van der Waals surface area contributed by atoms with E-state index in [2.05, 4.69) is 5.32 Å². The lowest BCUT2D eigenvalue weighted by Gasteiger charge is -2.34. The van der Waals surface area contributed by atoms with E-state index in [1.807, 2.05) is 35.2 Å². The molecule has 0 aromatic heterocycles. The van der Waals surface area contributed by atoms with Crippen molar-refractivity contribution in [3.8, 4) is 0 Å². The Hall–Kier alpha value is -1.59. The van der Waals surface area contributed by atoms with Gasteiger partial charge in [-0.2, -0.15) is 0 Å². The minimum Gasteiger partial charge on any atom is -0.352 e. The quantitative estimate of drug-likeness (QED) is 0.858. The van der Waals surface area contributed by atoms with Crippen molar-refractivity contribution in [2.24, 2.45) is 17.6 Å². The molecule has 1 aromatic carbocycles. The number of nitrogens with two attached hydrogens (primary N) is 1. The summed E-state index contributed by atoms with van der Waals surface area (Å²) in [4.78, 5) is 26.8. The van der Waals surface area contributed by atoms with Gasteiger partial charge in [0, 0.05) is 37.2 Å². The summed E-state index contributed by atoms with van der Waals surface area (Å²) in [5, 5.41) is 3.01. The number of nitrogens with one attached hydrogen (secondary N) is 1. The smallest absolute Gasteiger partial charge is 0.251 e. The zero-order valence-electron chi connectivity index (χ0n) is 14.5. The van der Waals surface area contributed by atoms with Gasteiger partial charge in [0.05, 0.1) is 0 Å². The molecule has 1 aliphatic heterocycles. The van der Waals surface area contributed by atoms with Crippen LogP contribution in [0.2, 0.25) is 0 Å². The van der Waals surface area contributed by atoms with Gasteiger partial charge in [0.2, 0.25) is 5.91 Å². The summed E-state index contributed by atoms with van der Waals surface area (Å²) in [6, 6.07) is 9.44.